The van der Waals surface area contributed by atoms with Crippen molar-refractivity contribution in [1.82, 2.24) is 0 Å². The largest absolute Gasteiger partial charge is 0.481 e. The molecule has 2 bridgehead atoms. The summed E-state index contributed by atoms with van der Waals surface area (Å²) in [6, 6.07) is 0. The van der Waals surface area contributed by atoms with Crippen LogP contribution in [0.5, 0.6) is 0 Å². The number of aliphatic hydroxyl groups is 1. The Hall–Kier alpha value is -0.910. The first-order valence-corrected chi connectivity index (χ1v) is 7.01. The van der Waals surface area contributed by atoms with Gasteiger partial charge in [0.15, 0.2) is 0 Å². The molecule has 106 valence electrons. The zero-order chi connectivity index (χ0) is 13.4. The smallest absolute Gasteiger partial charge is 0.303 e. The molecule has 0 radical (unpaired) electrons. The molecule has 3 rings (SSSR count). The number of aliphatic hydroxyl groups excluding tert-OH is 1. The van der Waals surface area contributed by atoms with E-state index in [4.69, 9.17) is 14.6 Å². The average Bonchev–Trinajstić information content (AvgIpc) is 3.01. The number of epoxide rings is 1. The molecule has 0 aromatic carbocycles. The fourth-order valence-corrected chi connectivity index (χ4v) is 3.47. The standard InChI is InChI=1S/C14H20O5/c15-7-9-8(5-3-1-2-4-6-10(16)17)11-13-14(19-13)12(9)18-11/h1,3,8-9,11-15H,2,4-7H2,(H,16,17)/t8-,9+,11+,12-,13-,14+/m0/s1. The van der Waals surface area contributed by atoms with Crippen LogP contribution in [0, 0.1) is 11.8 Å². The quantitative estimate of drug-likeness (QED) is 0.408. The Kier molecular flexibility index (Phi) is 3.60. The number of ether oxygens (including phenoxy) is 2. The Morgan fingerprint density at radius 1 is 1.05 bits per heavy atom. The van der Waals surface area contributed by atoms with Crippen molar-refractivity contribution in [2.45, 2.75) is 50.1 Å². The number of hydrogen-bond donors (Lipinski definition) is 2. The highest BCUT2D eigenvalue weighted by Crippen LogP contribution is 2.54. The Balaban J connectivity index is 1.45. The lowest BCUT2D eigenvalue weighted by Crippen LogP contribution is -2.34. The third-order valence-electron chi connectivity index (χ3n) is 4.46. The molecular formula is C14H20O5. The SMILES string of the molecule is O=C(O)CCCC=CC[C@H]1[C@@H](CO)[C@@H]2O[C@H]1[C@@H]1O[C@@H]12. The van der Waals surface area contributed by atoms with E-state index in [0.717, 1.165) is 12.8 Å². The summed E-state index contributed by atoms with van der Waals surface area (Å²) >= 11 is 0. The molecule has 2 N–H and O–H groups in total. The minimum atomic E-state index is -0.743. The Morgan fingerprint density at radius 3 is 2.42 bits per heavy atom. The fourth-order valence-electron chi connectivity index (χ4n) is 3.47. The van der Waals surface area contributed by atoms with Gasteiger partial charge in [-0.1, -0.05) is 12.2 Å². The number of hydrogen-bond acceptors (Lipinski definition) is 4. The molecular weight excluding hydrogens is 248 g/mol. The first-order valence-electron chi connectivity index (χ1n) is 7.01. The summed E-state index contributed by atoms with van der Waals surface area (Å²) in [5, 5.41) is 18.0. The van der Waals surface area contributed by atoms with Gasteiger partial charge in [-0.25, -0.2) is 0 Å². The summed E-state index contributed by atoms with van der Waals surface area (Å²) in [6.07, 6.45) is 7.43. The normalized spacial score (nSPS) is 42.8. The molecule has 0 saturated carbocycles. The Bertz CT molecular complexity index is 380. The summed E-state index contributed by atoms with van der Waals surface area (Å²) in [5.41, 5.74) is 0. The van der Waals surface area contributed by atoms with Gasteiger partial charge in [-0.05, 0) is 25.2 Å². The molecule has 6 atom stereocenters. The highest BCUT2D eigenvalue weighted by Gasteiger charge is 2.68. The van der Waals surface area contributed by atoms with Crippen LogP contribution >= 0.6 is 0 Å². The van der Waals surface area contributed by atoms with Gasteiger partial charge < -0.3 is 19.7 Å². The van der Waals surface area contributed by atoms with Crippen molar-refractivity contribution >= 4 is 5.97 Å². The molecule has 3 aliphatic heterocycles. The van der Waals surface area contributed by atoms with E-state index < -0.39 is 5.97 Å². The molecule has 3 aliphatic rings. The van der Waals surface area contributed by atoms with Crippen molar-refractivity contribution in [3.05, 3.63) is 12.2 Å². The van der Waals surface area contributed by atoms with Crippen LogP contribution in [0.4, 0.5) is 0 Å². The first-order chi connectivity index (χ1) is 9.22. The molecule has 0 aromatic heterocycles. The highest BCUT2D eigenvalue weighted by atomic mass is 16.7. The summed E-state index contributed by atoms with van der Waals surface area (Å²) in [5.74, 6) is -0.209. The maximum absolute atomic E-state index is 10.4. The van der Waals surface area contributed by atoms with Gasteiger partial charge in [0.2, 0.25) is 0 Å². The number of unbranched alkanes of at least 4 members (excludes halogenated alkanes) is 1. The molecule has 3 heterocycles. The van der Waals surface area contributed by atoms with Crippen molar-refractivity contribution in [2.24, 2.45) is 11.8 Å². The second-order valence-corrected chi connectivity index (χ2v) is 5.63. The predicted octanol–water partition coefficient (Wildman–Crippen LogP) is 0.961. The lowest BCUT2D eigenvalue weighted by Gasteiger charge is -2.22. The van der Waals surface area contributed by atoms with Gasteiger partial charge in [0.1, 0.15) is 12.2 Å². The summed E-state index contributed by atoms with van der Waals surface area (Å²) in [6.45, 7) is 0.158. The van der Waals surface area contributed by atoms with Crippen LogP contribution in [0.15, 0.2) is 12.2 Å². The van der Waals surface area contributed by atoms with E-state index in [1.807, 2.05) is 6.08 Å². The molecule has 0 unspecified atom stereocenters. The number of rotatable bonds is 7. The van der Waals surface area contributed by atoms with Crippen LogP contribution in [0.25, 0.3) is 0 Å². The minimum Gasteiger partial charge on any atom is -0.481 e. The minimum absolute atomic E-state index is 0.0883. The molecule has 3 saturated heterocycles. The molecule has 0 aromatic rings. The van der Waals surface area contributed by atoms with Gasteiger partial charge in [-0.2, -0.15) is 0 Å². The van der Waals surface area contributed by atoms with E-state index in [1.165, 1.54) is 0 Å². The van der Waals surface area contributed by atoms with E-state index in [1.54, 1.807) is 0 Å². The molecule has 0 aliphatic carbocycles. The van der Waals surface area contributed by atoms with E-state index in [0.29, 0.717) is 12.3 Å². The number of carboxylic acid groups (broad SMARTS) is 1. The summed E-state index contributed by atoms with van der Waals surface area (Å²) < 4.78 is 11.4. The zero-order valence-corrected chi connectivity index (χ0v) is 10.8. The predicted molar refractivity (Wildman–Crippen MR) is 66.6 cm³/mol. The number of aliphatic carboxylic acids is 1. The van der Waals surface area contributed by atoms with Crippen LogP contribution in [-0.4, -0.2) is 47.2 Å². The maximum Gasteiger partial charge on any atom is 0.303 e. The van der Waals surface area contributed by atoms with Gasteiger partial charge in [-0.3, -0.25) is 4.79 Å². The lowest BCUT2D eigenvalue weighted by molar-refractivity contribution is -0.137. The molecule has 5 heteroatoms. The number of fused-ring (bicyclic) bond motifs is 5. The lowest BCUT2D eigenvalue weighted by atomic mass is 9.78. The average molecular weight is 268 g/mol. The second kappa shape index (κ2) is 5.23. The molecule has 3 fully saturated rings. The molecule has 19 heavy (non-hydrogen) atoms. The number of allylic oxidation sites excluding steroid dienone is 2. The molecule has 5 nitrogen and oxygen atoms in total. The molecule has 0 amide bonds. The van der Waals surface area contributed by atoms with Gasteiger partial charge in [0.25, 0.3) is 0 Å². The van der Waals surface area contributed by atoms with Crippen molar-refractivity contribution < 1.29 is 24.5 Å². The van der Waals surface area contributed by atoms with Crippen LogP contribution < -0.4 is 0 Å². The third-order valence-corrected chi connectivity index (χ3v) is 4.46. The number of carboxylic acids is 1. The topological polar surface area (TPSA) is 79.3 Å². The highest BCUT2D eigenvalue weighted by molar-refractivity contribution is 5.66. The van der Waals surface area contributed by atoms with E-state index in [9.17, 15) is 9.90 Å². The van der Waals surface area contributed by atoms with Crippen LogP contribution in [0.3, 0.4) is 0 Å². The van der Waals surface area contributed by atoms with Crippen molar-refractivity contribution in [1.29, 1.82) is 0 Å². The Labute approximate surface area is 112 Å². The zero-order valence-electron chi connectivity index (χ0n) is 10.8. The monoisotopic (exact) mass is 268 g/mol. The van der Waals surface area contributed by atoms with Crippen molar-refractivity contribution in [3.8, 4) is 0 Å². The summed E-state index contributed by atoms with van der Waals surface area (Å²) in [7, 11) is 0. The fraction of sp³-hybridized carbons (Fsp3) is 0.786. The molecule has 0 spiro atoms. The van der Waals surface area contributed by atoms with Crippen LogP contribution in [0.2, 0.25) is 0 Å². The van der Waals surface area contributed by atoms with Crippen molar-refractivity contribution in [3.63, 3.8) is 0 Å². The maximum atomic E-state index is 10.4. The van der Waals surface area contributed by atoms with E-state index in [2.05, 4.69) is 6.08 Å². The van der Waals surface area contributed by atoms with Crippen molar-refractivity contribution in [2.75, 3.05) is 6.61 Å². The summed E-state index contributed by atoms with van der Waals surface area (Å²) in [4.78, 5) is 10.4. The van der Waals surface area contributed by atoms with Gasteiger partial charge >= 0.3 is 5.97 Å². The Morgan fingerprint density at radius 2 is 1.74 bits per heavy atom. The van der Waals surface area contributed by atoms with Crippen LogP contribution in [-0.2, 0) is 14.3 Å². The van der Waals surface area contributed by atoms with E-state index in [-0.39, 0.29) is 43.4 Å². The first kappa shape index (κ1) is 13.1. The number of carbonyl (C=O) groups is 1. The van der Waals surface area contributed by atoms with E-state index >= 15 is 0 Å². The van der Waals surface area contributed by atoms with Gasteiger partial charge in [0, 0.05) is 18.9 Å². The second-order valence-electron chi connectivity index (χ2n) is 5.63. The van der Waals surface area contributed by atoms with Crippen LogP contribution in [0.1, 0.15) is 25.7 Å². The van der Waals surface area contributed by atoms with Gasteiger partial charge in [0.05, 0.1) is 12.2 Å². The van der Waals surface area contributed by atoms with Gasteiger partial charge in [-0.15, -0.1) is 0 Å². The third kappa shape index (κ3) is 2.42.